The highest BCUT2D eigenvalue weighted by Gasteiger charge is 2.12. The van der Waals surface area contributed by atoms with Crippen molar-refractivity contribution in [3.63, 3.8) is 0 Å². The molecule has 0 atom stereocenters. The Morgan fingerprint density at radius 3 is 2.67 bits per heavy atom. The van der Waals surface area contributed by atoms with Gasteiger partial charge in [0.1, 0.15) is 12.4 Å². The number of rotatable bonds is 5. The van der Waals surface area contributed by atoms with Crippen LogP contribution in [0.25, 0.3) is 0 Å². The van der Waals surface area contributed by atoms with Crippen molar-refractivity contribution in [2.45, 2.75) is 19.4 Å². The fourth-order valence-corrected chi connectivity index (χ4v) is 2.69. The topological polar surface area (TPSA) is 18.5 Å². The Bertz CT molecular complexity index is 646. The van der Waals surface area contributed by atoms with Gasteiger partial charge in [-0.15, -0.1) is 11.6 Å². The zero-order valence-electron chi connectivity index (χ0n) is 11.8. The smallest absolute Gasteiger partial charge is 0.175 e. The molecule has 0 saturated heterocycles. The molecule has 0 unspecified atom stereocenters. The van der Waals surface area contributed by atoms with Gasteiger partial charge in [0, 0.05) is 5.88 Å². The number of halogens is 3. The fourth-order valence-electron chi connectivity index (χ4n) is 1.94. The standard InChI is InChI=1S/C16H15BrClFO2/c1-10-3-4-13(19)7-12(10)9-21-16-14(17)5-11(8-18)6-15(16)20-2/h3-7H,8-9H2,1-2H3. The molecule has 0 aliphatic heterocycles. The van der Waals surface area contributed by atoms with E-state index < -0.39 is 0 Å². The van der Waals surface area contributed by atoms with Gasteiger partial charge in [-0.2, -0.15) is 0 Å². The maximum absolute atomic E-state index is 13.3. The van der Waals surface area contributed by atoms with Crippen molar-refractivity contribution in [1.29, 1.82) is 0 Å². The van der Waals surface area contributed by atoms with Gasteiger partial charge in [0.15, 0.2) is 11.5 Å². The summed E-state index contributed by atoms with van der Waals surface area (Å²) in [5.74, 6) is 1.28. The monoisotopic (exact) mass is 372 g/mol. The van der Waals surface area contributed by atoms with Crippen LogP contribution >= 0.6 is 27.5 Å². The lowest BCUT2D eigenvalue weighted by atomic mass is 10.1. The summed E-state index contributed by atoms with van der Waals surface area (Å²) in [7, 11) is 1.57. The van der Waals surface area contributed by atoms with E-state index in [1.807, 2.05) is 19.1 Å². The highest BCUT2D eigenvalue weighted by molar-refractivity contribution is 9.10. The van der Waals surface area contributed by atoms with E-state index >= 15 is 0 Å². The predicted octanol–water partition coefficient (Wildman–Crippen LogP) is 5.22. The summed E-state index contributed by atoms with van der Waals surface area (Å²) in [5.41, 5.74) is 2.70. The first kappa shape index (κ1) is 16.1. The molecule has 0 heterocycles. The number of aryl methyl sites for hydroxylation is 1. The summed E-state index contributed by atoms with van der Waals surface area (Å²) in [6, 6.07) is 8.35. The summed E-state index contributed by atoms with van der Waals surface area (Å²) in [4.78, 5) is 0. The van der Waals surface area contributed by atoms with Crippen LogP contribution in [0.3, 0.4) is 0 Å². The SMILES string of the molecule is COc1cc(CCl)cc(Br)c1OCc1cc(F)ccc1C. The summed E-state index contributed by atoms with van der Waals surface area (Å²) in [6.45, 7) is 2.18. The highest BCUT2D eigenvalue weighted by atomic mass is 79.9. The predicted molar refractivity (Wildman–Crippen MR) is 85.7 cm³/mol. The molecular formula is C16H15BrClFO2. The molecule has 0 aliphatic carbocycles. The Balaban J connectivity index is 2.25. The van der Waals surface area contributed by atoms with E-state index in [0.717, 1.165) is 21.2 Å². The molecule has 112 valence electrons. The number of hydrogen-bond donors (Lipinski definition) is 0. The fraction of sp³-hybridized carbons (Fsp3) is 0.250. The minimum absolute atomic E-state index is 0.263. The van der Waals surface area contributed by atoms with Crippen molar-refractivity contribution in [1.82, 2.24) is 0 Å². The van der Waals surface area contributed by atoms with Gasteiger partial charge in [-0.05, 0) is 63.8 Å². The zero-order valence-corrected chi connectivity index (χ0v) is 14.1. The first-order valence-corrected chi connectivity index (χ1v) is 7.68. The molecule has 0 N–H and O–H groups in total. The highest BCUT2D eigenvalue weighted by Crippen LogP contribution is 2.37. The normalized spacial score (nSPS) is 10.5. The number of hydrogen-bond acceptors (Lipinski definition) is 2. The van der Waals surface area contributed by atoms with E-state index in [2.05, 4.69) is 15.9 Å². The minimum Gasteiger partial charge on any atom is -0.493 e. The summed E-state index contributed by atoms with van der Waals surface area (Å²) in [5, 5.41) is 0. The van der Waals surface area contributed by atoms with Crippen LogP contribution in [0.4, 0.5) is 4.39 Å². The van der Waals surface area contributed by atoms with Crippen LogP contribution < -0.4 is 9.47 Å². The van der Waals surface area contributed by atoms with Crippen LogP contribution in [0.2, 0.25) is 0 Å². The molecule has 0 spiro atoms. The van der Waals surface area contributed by atoms with E-state index in [0.29, 0.717) is 17.4 Å². The van der Waals surface area contributed by atoms with Gasteiger partial charge < -0.3 is 9.47 Å². The molecule has 0 aliphatic rings. The van der Waals surface area contributed by atoms with Crippen LogP contribution in [-0.2, 0) is 12.5 Å². The zero-order chi connectivity index (χ0) is 15.4. The lowest BCUT2D eigenvalue weighted by Crippen LogP contribution is -2.01. The van der Waals surface area contributed by atoms with Gasteiger partial charge in [-0.25, -0.2) is 4.39 Å². The molecule has 0 amide bonds. The maximum atomic E-state index is 13.3. The summed E-state index contributed by atoms with van der Waals surface area (Å²) in [6.07, 6.45) is 0. The van der Waals surface area contributed by atoms with Crippen molar-refractivity contribution in [3.05, 3.63) is 57.3 Å². The maximum Gasteiger partial charge on any atom is 0.175 e. The van der Waals surface area contributed by atoms with Crippen molar-refractivity contribution in [2.75, 3.05) is 7.11 Å². The van der Waals surface area contributed by atoms with Gasteiger partial charge in [-0.1, -0.05) is 6.07 Å². The van der Waals surface area contributed by atoms with Crippen molar-refractivity contribution >= 4 is 27.5 Å². The quantitative estimate of drug-likeness (QED) is 0.669. The summed E-state index contributed by atoms with van der Waals surface area (Å²) < 4.78 is 25.2. The molecule has 0 radical (unpaired) electrons. The van der Waals surface area contributed by atoms with E-state index in [1.165, 1.54) is 12.1 Å². The molecule has 0 aromatic heterocycles. The summed E-state index contributed by atoms with van der Waals surface area (Å²) >= 11 is 9.28. The van der Waals surface area contributed by atoms with E-state index in [4.69, 9.17) is 21.1 Å². The third kappa shape index (κ3) is 3.89. The average Bonchev–Trinajstić information content (AvgIpc) is 2.48. The van der Waals surface area contributed by atoms with Crippen molar-refractivity contribution in [3.8, 4) is 11.5 Å². The second-order valence-corrected chi connectivity index (χ2v) is 5.72. The molecular weight excluding hydrogens is 359 g/mol. The van der Waals surface area contributed by atoms with Crippen LogP contribution in [0.5, 0.6) is 11.5 Å². The first-order chi connectivity index (χ1) is 10.0. The van der Waals surface area contributed by atoms with Crippen LogP contribution in [0, 0.1) is 12.7 Å². The van der Waals surface area contributed by atoms with E-state index in [1.54, 1.807) is 13.2 Å². The molecule has 2 aromatic rings. The second-order valence-electron chi connectivity index (χ2n) is 4.60. The molecule has 2 nitrogen and oxygen atoms in total. The Morgan fingerprint density at radius 1 is 1.24 bits per heavy atom. The number of alkyl halides is 1. The van der Waals surface area contributed by atoms with Crippen LogP contribution in [0.15, 0.2) is 34.8 Å². The Morgan fingerprint density at radius 2 is 2.00 bits per heavy atom. The van der Waals surface area contributed by atoms with Crippen molar-refractivity contribution in [2.24, 2.45) is 0 Å². The van der Waals surface area contributed by atoms with Gasteiger partial charge in [-0.3, -0.25) is 0 Å². The number of methoxy groups -OCH3 is 1. The van der Waals surface area contributed by atoms with Gasteiger partial charge >= 0.3 is 0 Å². The number of benzene rings is 2. The van der Waals surface area contributed by atoms with Gasteiger partial charge in [0.2, 0.25) is 0 Å². The Labute approximate surface area is 137 Å². The van der Waals surface area contributed by atoms with E-state index in [-0.39, 0.29) is 12.4 Å². The molecule has 5 heteroatoms. The number of ether oxygens (including phenoxy) is 2. The molecule has 0 bridgehead atoms. The third-order valence-electron chi connectivity index (χ3n) is 3.13. The Hall–Kier alpha value is -1.26. The van der Waals surface area contributed by atoms with Crippen LogP contribution in [0.1, 0.15) is 16.7 Å². The lowest BCUT2D eigenvalue weighted by molar-refractivity contribution is 0.281. The molecule has 21 heavy (non-hydrogen) atoms. The molecule has 0 fully saturated rings. The minimum atomic E-state index is -0.275. The molecule has 2 rings (SSSR count). The van der Waals surface area contributed by atoms with E-state index in [9.17, 15) is 4.39 Å². The average molecular weight is 374 g/mol. The van der Waals surface area contributed by atoms with Gasteiger partial charge in [0.05, 0.1) is 11.6 Å². The van der Waals surface area contributed by atoms with Gasteiger partial charge in [0.25, 0.3) is 0 Å². The molecule has 0 saturated carbocycles. The van der Waals surface area contributed by atoms with Crippen LogP contribution in [-0.4, -0.2) is 7.11 Å². The second kappa shape index (κ2) is 7.14. The third-order valence-corrected chi connectivity index (χ3v) is 4.02. The van der Waals surface area contributed by atoms with Crippen molar-refractivity contribution < 1.29 is 13.9 Å². The lowest BCUT2D eigenvalue weighted by Gasteiger charge is -2.15. The largest absolute Gasteiger partial charge is 0.493 e. The Kier molecular flexibility index (Phi) is 5.48. The first-order valence-electron chi connectivity index (χ1n) is 6.35. The molecule has 2 aromatic carbocycles.